The molecule has 31 heavy (non-hydrogen) atoms. The van der Waals surface area contributed by atoms with Crippen LogP contribution in [0.2, 0.25) is 0 Å². The minimum Gasteiger partial charge on any atom is -0.497 e. The number of para-hydroxylation sites is 2. The predicted molar refractivity (Wildman–Crippen MR) is 111 cm³/mol. The second-order valence-electron chi connectivity index (χ2n) is 6.56. The van der Waals surface area contributed by atoms with Crippen molar-refractivity contribution in [3.63, 3.8) is 0 Å². The van der Waals surface area contributed by atoms with Gasteiger partial charge in [0.15, 0.2) is 0 Å². The molecule has 0 aliphatic carbocycles. The van der Waals surface area contributed by atoms with Crippen LogP contribution >= 0.6 is 0 Å². The van der Waals surface area contributed by atoms with Crippen LogP contribution in [-0.2, 0) is 22.7 Å². The Bertz CT molecular complexity index is 1150. The highest BCUT2D eigenvalue weighted by Gasteiger charge is 2.32. The lowest BCUT2D eigenvalue weighted by Crippen LogP contribution is -2.31. The standard InChI is InChI=1S/C22H20F3NO4S/c1-29-18-10-12-19(13-11-18)31(27,28)26(20-8-3-4-9-21(20)30-2)15-16-6-5-7-17(14-16)22(23,24)25/h3-14H,15H2,1-2H3. The van der Waals surface area contributed by atoms with Crippen molar-refractivity contribution in [3.05, 3.63) is 83.9 Å². The van der Waals surface area contributed by atoms with Gasteiger partial charge in [-0.05, 0) is 54.1 Å². The van der Waals surface area contributed by atoms with Gasteiger partial charge < -0.3 is 9.47 Å². The summed E-state index contributed by atoms with van der Waals surface area (Å²) >= 11 is 0. The van der Waals surface area contributed by atoms with Crippen LogP contribution in [-0.4, -0.2) is 22.6 Å². The van der Waals surface area contributed by atoms with E-state index >= 15 is 0 Å². The van der Waals surface area contributed by atoms with Gasteiger partial charge in [0.25, 0.3) is 10.0 Å². The largest absolute Gasteiger partial charge is 0.497 e. The Hall–Kier alpha value is -3.20. The van der Waals surface area contributed by atoms with Crippen LogP contribution in [0.4, 0.5) is 18.9 Å². The minimum atomic E-state index is -4.54. The van der Waals surface area contributed by atoms with Gasteiger partial charge in [-0.3, -0.25) is 4.31 Å². The number of nitrogens with zero attached hydrogens (tertiary/aromatic N) is 1. The monoisotopic (exact) mass is 451 g/mol. The zero-order chi connectivity index (χ0) is 22.6. The number of alkyl halides is 3. The van der Waals surface area contributed by atoms with Crippen molar-refractivity contribution in [3.8, 4) is 11.5 Å². The van der Waals surface area contributed by atoms with Gasteiger partial charge in [-0.15, -0.1) is 0 Å². The molecule has 0 atom stereocenters. The second-order valence-corrected chi connectivity index (χ2v) is 8.42. The van der Waals surface area contributed by atoms with E-state index < -0.39 is 21.8 Å². The van der Waals surface area contributed by atoms with Crippen molar-refractivity contribution in [2.24, 2.45) is 0 Å². The summed E-state index contributed by atoms with van der Waals surface area (Å²) < 4.78 is 77.9. The van der Waals surface area contributed by atoms with E-state index in [0.29, 0.717) is 5.75 Å². The van der Waals surface area contributed by atoms with Gasteiger partial charge in [0.05, 0.1) is 36.9 Å². The summed E-state index contributed by atoms with van der Waals surface area (Å²) in [4.78, 5) is -0.0359. The first-order valence-electron chi connectivity index (χ1n) is 9.13. The maximum atomic E-state index is 13.5. The molecule has 0 aromatic heterocycles. The maximum Gasteiger partial charge on any atom is 0.416 e. The Balaban J connectivity index is 2.11. The second kappa shape index (κ2) is 8.89. The number of methoxy groups -OCH3 is 2. The SMILES string of the molecule is COc1ccc(S(=O)(=O)N(Cc2cccc(C(F)(F)F)c2)c2ccccc2OC)cc1. The Kier molecular flexibility index (Phi) is 6.45. The number of sulfonamides is 1. The first-order chi connectivity index (χ1) is 14.7. The lowest BCUT2D eigenvalue weighted by Gasteiger charge is -2.26. The molecule has 0 saturated heterocycles. The fraction of sp³-hybridized carbons (Fsp3) is 0.182. The van der Waals surface area contributed by atoms with Gasteiger partial charge in [-0.2, -0.15) is 13.2 Å². The number of hydrogen-bond acceptors (Lipinski definition) is 4. The fourth-order valence-corrected chi connectivity index (χ4v) is 4.49. The van der Waals surface area contributed by atoms with Crippen molar-refractivity contribution in [1.29, 1.82) is 0 Å². The topological polar surface area (TPSA) is 55.8 Å². The van der Waals surface area contributed by atoms with Crippen LogP contribution in [0.25, 0.3) is 0 Å². The van der Waals surface area contributed by atoms with Crippen LogP contribution in [0, 0.1) is 0 Å². The van der Waals surface area contributed by atoms with Gasteiger partial charge in [-0.25, -0.2) is 8.42 Å². The van der Waals surface area contributed by atoms with Gasteiger partial charge in [0.2, 0.25) is 0 Å². The molecule has 9 heteroatoms. The smallest absolute Gasteiger partial charge is 0.416 e. The summed E-state index contributed by atoms with van der Waals surface area (Å²) in [5.74, 6) is 0.743. The summed E-state index contributed by atoms with van der Waals surface area (Å²) in [6, 6.07) is 16.7. The summed E-state index contributed by atoms with van der Waals surface area (Å²) in [7, 11) is -1.29. The van der Waals surface area contributed by atoms with Crippen LogP contribution in [0.15, 0.2) is 77.7 Å². The molecule has 0 N–H and O–H groups in total. The van der Waals surface area contributed by atoms with E-state index in [4.69, 9.17) is 9.47 Å². The molecule has 5 nitrogen and oxygen atoms in total. The normalized spacial score (nSPS) is 11.8. The van der Waals surface area contributed by atoms with Crippen LogP contribution in [0.3, 0.4) is 0 Å². The zero-order valence-electron chi connectivity index (χ0n) is 16.8. The molecular formula is C22H20F3NO4S. The Morgan fingerprint density at radius 3 is 2.16 bits per heavy atom. The molecule has 0 heterocycles. The van der Waals surface area contributed by atoms with E-state index in [1.54, 1.807) is 18.2 Å². The van der Waals surface area contributed by atoms with Crippen LogP contribution in [0.1, 0.15) is 11.1 Å². The molecule has 3 aromatic rings. The van der Waals surface area contributed by atoms with E-state index in [0.717, 1.165) is 16.4 Å². The fourth-order valence-electron chi connectivity index (χ4n) is 3.02. The van der Waals surface area contributed by atoms with Gasteiger partial charge in [-0.1, -0.05) is 24.3 Å². The van der Waals surface area contributed by atoms with Crippen molar-refractivity contribution >= 4 is 15.7 Å². The van der Waals surface area contributed by atoms with E-state index in [-0.39, 0.29) is 28.4 Å². The Labute approximate surface area is 178 Å². The lowest BCUT2D eigenvalue weighted by molar-refractivity contribution is -0.137. The number of halogens is 3. The summed E-state index contributed by atoms with van der Waals surface area (Å²) in [5, 5.41) is 0. The molecule has 0 saturated carbocycles. The predicted octanol–water partition coefficient (Wildman–Crippen LogP) is 5.12. The Morgan fingerprint density at radius 2 is 1.55 bits per heavy atom. The highest BCUT2D eigenvalue weighted by molar-refractivity contribution is 7.92. The van der Waals surface area contributed by atoms with Crippen molar-refractivity contribution in [2.75, 3.05) is 18.5 Å². The molecule has 0 amide bonds. The van der Waals surface area contributed by atoms with E-state index in [1.165, 1.54) is 56.7 Å². The number of ether oxygens (including phenoxy) is 2. The minimum absolute atomic E-state index is 0.0359. The highest BCUT2D eigenvalue weighted by atomic mass is 32.2. The average molecular weight is 451 g/mol. The molecule has 0 fully saturated rings. The molecule has 0 bridgehead atoms. The van der Waals surface area contributed by atoms with E-state index in [2.05, 4.69) is 0 Å². The molecule has 3 aromatic carbocycles. The molecular weight excluding hydrogens is 431 g/mol. The maximum absolute atomic E-state index is 13.5. The van der Waals surface area contributed by atoms with Gasteiger partial charge in [0, 0.05) is 0 Å². The first-order valence-corrected chi connectivity index (χ1v) is 10.6. The van der Waals surface area contributed by atoms with Crippen LogP contribution < -0.4 is 13.8 Å². The molecule has 0 spiro atoms. The van der Waals surface area contributed by atoms with Crippen molar-refractivity contribution < 1.29 is 31.1 Å². The number of hydrogen-bond donors (Lipinski definition) is 0. The zero-order valence-corrected chi connectivity index (χ0v) is 17.6. The average Bonchev–Trinajstić information content (AvgIpc) is 2.77. The third-order valence-electron chi connectivity index (χ3n) is 4.58. The lowest BCUT2D eigenvalue weighted by atomic mass is 10.1. The third-order valence-corrected chi connectivity index (χ3v) is 6.36. The van der Waals surface area contributed by atoms with E-state index in [1.807, 2.05) is 0 Å². The molecule has 0 aliphatic rings. The quantitative estimate of drug-likeness (QED) is 0.501. The number of anilines is 1. The van der Waals surface area contributed by atoms with Crippen LogP contribution in [0.5, 0.6) is 11.5 Å². The third kappa shape index (κ3) is 4.93. The van der Waals surface area contributed by atoms with E-state index in [9.17, 15) is 21.6 Å². The molecule has 0 aliphatic heterocycles. The highest BCUT2D eigenvalue weighted by Crippen LogP contribution is 2.35. The molecule has 3 rings (SSSR count). The number of rotatable bonds is 7. The number of benzene rings is 3. The first kappa shape index (κ1) is 22.5. The van der Waals surface area contributed by atoms with Gasteiger partial charge >= 0.3 is 6.18 Å². The summed E-state index contributed by atoms with van der Waals surface area (Å²) in [5.41, 5.74) is -0.470. The van der Waals surface area contributed by atoms with Gasteiger partial charge in [0.1, 0.15) is 11.5 Å². The summed E-state index contributed by atoms with van der Waals surface area (Å²) in [6.07, 6.45) is -4.54. The molecule has 0 radical (unpaired) electrons. The van der Waals surface area contributed by atoms with Crippen molar-refractivity contribution in [2.45, 2.75) is 17.6 Å². The molecule has 0 unspecified atom stereocenters. The Morgan fingerprint density at radius 1 is 0.871 bits per heavy atom. The van der Waals surface area contributed by atoms with Crippen molar-refractivity contribution in [1.82, 2.24) is 0 Å². The summed E-state index contributed by atoms with van der Waals surface area (Å²) in [6.45, 7) is -0.321. The molecule has 164 valence electrons.